The van der Waals surface area contributed by atoms with Gasteiger partial charge in [-0.1, -0.05) is 191 Å². The molecule has 0 N–H and O–H groups in total. The topological polar surface area (TPSA) is 14.8 Å². The molecule has 0 fully saturated rings. The van der Waals surface area contributed by atoms with Crippen LogP contribution in [0.4, 0.5) is 0 Å². The Bertz CT molecular complexity index is 5120. The van der Waals surface area contributed by atoms with Crippen molar-refractivity contribution in [1.82, 2.24) is 13.7 Å². The van der Waals surface area contributed by atoms with E-state index in [4.69, 9.17) is 0 Å². The van der Waals surface area contributed by atoms with Gasteiger partial charge < -0.3 is 13.7 Å². The van der Waals surface area contributed by atoms with E-state index >= 15 is 0 Å². The molecular formula is C95H95N3. The normalized spacial score (nSPS) is 17.4. The number of para-hydroxylation sites is 2. The summed E-state index contributed by atoms with van der Waals surface area (Å²) < 4.78 is 7.09. The van der Waals surface area contributed by atoms with Crippen LogP contribution in [-0.4, -0.2) is 13.7 Å². The number of allylic oxidation sites excluding steroid dienone is 22. The van der Waals surface area contributed by atoms with Gasteiger partial charge in [0.15, 0.2) is 0 Å². The lowest BCUT2D eigenvalue weighted by Crippen LogP contribution is -1.90. The second kappa shape index (κ2) is 25.9. The van der Waals surface area contributed by atoms with Gasteiger partial charge >= 0.3 is 0 Å². The fraction of sp³-hybridized carbons (Fsp3) is 0.263. The van der Waals surface area contributed by atoms with E-state index in [1.165, 1.54) is 189 Å². The molecule has 0 saturated carbocycles. The second-order valence-electron chi connectivity index (χ2n) is 29.8. The first-order valence-corrected chi connectivity index (χ1v) is 36.1. The Kier molecular flexibility index (Phi) is 17.0. The fourth-order valence-electron chi connectivity index (χ4n) is 17.7. The van der Waals surface area contributed by atoms with Crippen molar-refractivity contribution < 1.29 is 0 Å². The first-order valence-electron chi connectivity index (χ1n) is 36.1. The minimum atomic E-state index is 1.11. The van der Waals surface area contributed by atoms with Gasteiger partial charge in [-0.25, -0.2) is 0 Å². The number of fused-ring (bicyclic) bond motifs is 17. The predicted molar refractivity (Wildman–Crippen MR) is 421 cm³/mol. The summed E-state index contributed by atoms with van der Waals surface area (Å²) in [5.41, 5.74) is 52.9. The molecule has 0 amide bonds. The summed E-state index contributed by atoms with van der Waals surface area (Å²) in [5, 5.41) is 5.47. The molecular weight excluding hydrogens is 1180 g/mol. The standard InChI is InChI=1S/4C14H14.3C13H13N/c2*1-9-7-12-8-11-5-3-4-6-13(11)14(12)10(9)2;2*1-9-7-14-12-6-4-3-5-11(12)8-13(14)10(9)2;2*1-9-7-12-8-11-5-3-4-6-13(11)14(12)10(9)2;1-9-7-13-12-6-4-3-5-11(12)8-14(13)10(9)2/h4*3-6H,7-8H2,1-2H3;3*3-6,8H,7H2,1-2H3. The molecule has 11 aliphatic rings. The van der Waals surface area contributed by atoms with Crippen molar-refractivity contribution in [3.8, 4) is 0 Å². The van der Waals surface area contributed by atoms with Crippen LogP contribution in [0.3, 0.4) is 0 Å². The summed E-state index contributed by atoms with van der Waals surface area (Å²) in [7, 11) is 0. The maximum atomic E-state index is 2.38. The lowest BCUT2D eigenvalue weighted by atomic mass is 9.99. The summed E-state index contributed by atoms with van der Waals surface area (Å²) in [5.74, 6) is 0. The van der Waals surface area contributed by atoms with Gasteiger partial charge in [-0.3, -0.25) is 0 Å². The van der Waals surface area contributed by atoms with Gasteiger partial charge in [0.2, 0.25) is 0 Å². The third kappa shape index (κ3) is 11.3. The maximum absolute atomic E-state index is 2.38. The molecule has 3 aromatic heterocycles. The minimum absolute atomic E-state index is 1.11. The van der Waals surface area contributed by atoms with Crippen LogP contribution < -0.4 is 0 Å². The second-order valence-corrected chi connectivity index (χ2v) is 29.8. The molecule has 8 aliphatic carbocycles. The Morgan fingerprint density at radius 3 is 1.07 bits per heavy atom. The number of rotatable bonds is 0. The van der Waals surface area contributed by atoms with Crippen molar-refractivity contribution in [3.63, 3.8) is 0 Å². The van der Waals surface area contributed by atoms with Crippen molar-refractivity contribution in [2.75, 3.05) is 0 Å². The molecule has 0 spiro atoms. The Hall–Kier alpha value is -9.70. The largest absolute Gasteiger partial charge is 0.323 e. The van der Waals surface area contributed by atoms with Crippen LogP contribution in [0.25, 0.3) is 72.0 Å². The average molecular weight is 1280 g/mol. The van der Waals surface area contributed by atoms with Crippen LogP contribution in [0.1, 0.15) is 184 Å². The Balaban J connectivity index is 0.0000000933. The zero-order chi connectivity index (χ0) is 67.9. The third-order valence-electron chi connectivity index (χ3n) is 23.9. The number of hydrogen-bond acceptors (Lipinski definition) is 0. The summed E-state index contributed by atoms with van der Waals surface area (Å²) >= 11 is 0. The first kappa shape index (κ1) is 64.3. The average Bonchev–Trinajstić information content (AvgIpc) is 1.66. The smallest absolute Gasteiger partial charge is 0.0528 e. The van der Waals surface area contributed by atoms with Gasteiger partial charge in [0.05, 0.1) is 11.0 Å². The van der Waals surface area contributed by atoms with Crippen molar-refractivity contribution in [1.29, 1.82) is 0 Å². The molecule has 7 aromatic carbocycles. The lowest BCUT2D eigenvalue weighted by Gasteiger charge is -2.05. The maximum Gasteiger partial charge on any atom is 0.0528 e. The van der Waals surface area contributed by atoms with Crippen molar-refractivity contribution in [2.24, 2.45) is 0 Å². The van der Waals surface area contributed by atoms with Crippen LogP contribution in [0.5, 0.6) is 0 Å². The molecule has 0 saturated heterocycles. The highest BCUT2D eigenvalue weighted by molar-refractivity contribution is 5.93. The van der Waals surface area contributed by atoms with Gasteiger partial charge in [0, 0.05) is 81.2 Å². The highest BCUT2D eigenvalue weighted by atomic mass is 15.0. The van der Waals surface area contributed by atoms with E-state index in [1.54, 1.807) is 66.9 Å². The van der Waals surface area contributed by atoms with E-state index in [0.29, 0.717) is 0 Å². The van der Waals surface area contributed by atoms with Crippen molar-refractivity contribution in [2.45, 2.75) is 168 Å². The third-order valence-corrected chi connectivity index (χ3v) is 23.9. The molecule has 3 aliphatic heterocycles. The molecule has 21 rings (SSSR count). The van der Waals surface area contributed by atoms with E-state index in [1.807, 2.05) is 0 Å². The molecule has 10 aromatic rings. The molecule has 98 heavy (non-hydrogen) atoms. The quantitative estimate of drug-likeness (QED) is 0.144. The molecule has 0 atom stereocenters. The van der Waals surface area contributed by atoms with Crippen LogP contribution in [0.2, 0.25) is 0 Å². The molecule has 0 bridgehead atoms. The van der Waals surface area contributed by atoms with Gasteiger partial charge in [0.1, 0.15) is 0 Å². The van der Waals surface area contributed by atoms with Crippen LogP contribution >= 0.6 is 0 Å². The zero-order valence-electron chi connectivity index (χ0n) is 60.5. The minimum Gasteiger partial charge on any atom is -0.323 e. The lowest BCUT2D eigenvalue weighted by molar-refractivity contribution is 1.06. The fourth-order valence-corrected chi connectivity index (χ4v) is 17.7. The Morgan fingerprint density at radius 2 is 0.622 bits per heavy atom. The van der Waals surface area contributed by atoms with Crippen LogP contribution in [0.15, 0.2) is 272 Å². The number of aromatic nitrogens is 3. The predicted octanol–water partition coefficient (Wildman–Crippen LogP) is 25.3. The SMILES string of the molecule is CC1=C(C)C2=C(C1)Cc1ccccc12.CC1=C(C)C2=C(C1)Cc1ccccc12.CC1=C(C)C2=C(C1)c1ccccc1C2.CC1=C(C)C2=C(C1)c1ccccc1C2.CC1=C(C)n2c(cc3ccccc32)C1.CC1=C(C)n2c(cc3ccccc32)C1.CC1=C(C)n2cc3ccccc3c2C1. The zero-order valence-corrected chi connectivity index (χ0v) is 60.5. The van der Waals surface area contributed by atoms with Crippen molar-refractivity contribution in [3.05, 3.63) is 333 Å². The Labute approximate surface area is 583 Å². The van der Waals surface area contributed by atoms with Gasteiger partial charge in [-0.15, -0.1) is 0 Å². The van der Waals surface area contributed by atoms with E-state index < -0.39 is 0 Å². The highest BCUT2D eigenvalue weighted by Crippen LogP contribution is 2.50. The number of hydrogen-bond donors (Lipinski definition) is 0. The van der Waals surface area contributed by atoms with E-state index in [-0.39, 0.29) is 0 Å². The van der Waals surface area contributed by atoms with Crippen LogP contribution in [-0.2, 0) is 44.9 Å². The van der Waals surface area contributed by atoms with E-state index in [2.05, 4.69) is 299 Å². The molecule has 3 heteroatoms. The van der Waals surface area contributed by atoms with E-state index in [0.717, 1.165) is 32.1 Å². The van der Waals surface area contributed by atoms with Gasteiger partial charge in [0.25, 0.3) is 0 Å². The highest BCUT2D eigenvalue weighted by Gasteiger charge is 2.31. The van der Waals surface area contributed by atoms with Gasteiger partial charge in [-0.2, -0.15) is 0 Å². The number of nitrogens with zero attached hydrogens (tertiary/aromatic N) is 3. The summed E-state index contributed by atoms with van der Waals surface area (Å²) in [4.78, 5) is 0. The summed E-state index contributed by atoms with van der Waals surface area (Å²) in [6, 6.07) is 65.7. The molecule has 490 valence electrons. The molecule has 6 heterocycles. The monoisotopic (exact) mass is 1280 g/mol. The summed E-state index contributed by atoms with van der Waals surface area (Å²) in [6.45, 7) is 31.4. The van der Waals surface area contributed by atoms with Crippen LogP contribution in [0, 0.1) is 0 Å². The summed E-state index contributed by atoms with van der Waals surface area (Å²) in [6.07, 6.45) is 15.0. The van der Waals surface area contributed by atoms with E-state index in [9.17, 15) is 0 Å². The van der Waals surface area contributed by atoms with Crippen molar-refractivity contribution >= 4 is 72.0 Å². The first-order chi connectivity index (χ1) is 47.4. The molecule has 0 radical (unpaired) electrons. The van der Waals surface area contributed by atoms with Gasteiger partial charge in [-0.05, 0) is 290 Å². The molecule has 3 nitrogen and oxygen atoms in total. The Morgan fingerprint density at radius 1 is 0.265 bits per heavy atom. The number of benzene rings is 7. The molecule has 0 unspecified atom stereocenters.